The van der Waals surface area contributed by atoms with E-state index < -0.39 is 23.4 Å². The SMILES string of the molecule is CCCOc1ccc(C(=O)C2C(C(=O)c3ccccc3)N3C=Cc4ccccc4C3C23C(=O)Nc2ccccc23)cc1. The Morgan fingerprint density at radius 3 is 2.31 bits per heavy atom. The zero-order valence-corrected chi connectivity index (χ0v) is 23.2. The molecule has 1 saturated heterocycles. The van der Waals surface area contributed by atoms with Gasteiger partial charge in [-0.3, -0.25) is 14.4 Å². The van der Waals surface area contributed by atoms with Gasteiger partial charge in [-0.1, -0.05) is 79.7 Å². The third kappa shape index (κ3) is 3.75. The molecule has 1 fully saturated rings. The van der Waals surface area contributed by atoms with Gasteiger partial charge in [0.1, 0.15) is 17.2 Å². The summed E-state index contributed by atoms with van der Waals surface area (Å²) in [6, 6.07) is 30.1. The molecule has 42 heavy (non-hydrogen) atoms. The molecule has 4 atom stereocenters. The summed E-state index contributed by atoms with van der Waals surface area (Å²) in [5, 5.41) is 3.09. The Kier molecular flexibility index (Phi) is 6.27. The van der Waals surface area contributed by atoms with E-state index in [4.69, 9.17) is 4.74 Å². The molecular formula is C36H30N2O4. The first-order valence-corrected chi connectivity index (χ1v) is 14.4. The third-order valence-electron chi connectivity index (χ3n) is 8.79. The molecule has 0 bridgehead atoms. The van der Waals surface area contributed by atoms with E-state index in [0.29, 0.717) is 29.2 Å². The number of benzene rings is 4. The van der Waals surface area contributed by atoms with E-state index in [9.17, 15) is 14.4 Å². The highest BCUT2D eigenvalue weighted by atomic mass is 16.5. The zero-order chi connectivity index (χ0) is 28.8. The van der Waals surface area contributed by atoms with Crippen molar-refractivity contribution in [1.29, 1.82) is 0 Å². The molecular weight excluding hydrogens is 524 g/mol. The topological polar surface area (TPSA) is 75.7 Å². The van der Waals surface area contributed by atoms with Crippen LogP contribution in [0.3, 0.4) is 0 Å². The Labute approximate surface area is 244 Å². The number of ketones is 2. The van der Waals surface area contributed by atoms with Crippen molar-refractivity contribution < 1.29 is 19.1 Å². The standard InChI is InChI=1S/C36H30N2O4/c1-2-22-42-26-18-16-25(17-19-26)32(39)30-31(33(40)24-11-4-3-5-12-24)38-21-20-23-10-6-7-13-27(23)34(38)36(30)28-14-8-9-15-29(28)37-35(36)41/h3-21,30-31,34H,2,22H2,1H3,(H,37,41). The van der Waals surface area contributed by atoms with Crippen LogP contribution < -0.4 is 10.1 Å². The first-order valence-electron chi connectivity index (χ1n) is 14.4. The Hall–Kier alpha value is -4.97. The van der Waals surface area contributed by atoms with Crippen molar-refractivity contribution in [3.05, 3.63) is 137 Å². The van der Waals surface area contributed by atoms with Crippen LogP contribution in [0.1, 0.15) is 56.8 Å². The molecule has 1 amide bonds. The van der Waals surface area contributed by atoms with Crippen LogP contribution in [0.15, 0.2) is 109 Å². The number of amides is 1. The van der Waals surface area contributed by atoms with Gasteiger partial charge in [-0.15, -0.1) is 0 Å². The molecule has 0 aromatic heterocycles. The molecule has 4 unspecified atom stereocenters. The second kappa shape index (κ2) is 10.1. The summed E-state index contributed by atoms with van der Waals surface area (Å²) in [6.07, 6.45) is 4.73. The Morgan fingerprint density at radius 2 is 1.52 bits per heavy atom. The lowest BCUT2D eigenvalue weighted by Crippen LogP contribution is -2.49. The average molecular weight is 555 g/mol. The van der Waals surface area contributed by atoms with Crippen LogP contribution in [-0.4, -0.2) is 35.0 Å². The minimum absolute atomic E-state index is 0.195. The van der Waals surface area contributed by atoms with E-state index in [1.54, 1.807) is 36.4 Å². The first-order chi connectivity index (χ1) is 20.6. The summed E-state index contributed by atoms with van der Waals surface area (Å²) in [5.41, 5.74) is 2.87. The van der Waals surface area contributed by atoms with Crippen molar-refractivity contribution in [1.82, 2.24) is 4.90 Å². The molecule has 3 heterocycles. The molecule has 6 heteroatoms. The van der Waals surface area contributed by atoms with Gasteiger partial charge in [-0.2, -0.15) is 0 Å². The normalized spacial score (nSPS) is 23.2. The van der Waals surface area contributed by atoms with Gasteiger partial charge in [0.2, 0.25) is 5.91 Å². The quantitative estimate of drug-likeness (QED) is 0.266. The summed E-state index contributed by atoms with van der Waals surface area (Å²) in [5.74, 6) is -1.05. The summed E-state index contributed by atoms with van der Waals surface area (Å²) < 4.78 is 5.76. The van der Waals surface area contributed by atoms with Crippen molar-refractivity contribution >= 4 is 29.2 Å². The predicted octanol–water partition coefficient (Wildman–Crippen LogP) is 6.46. The number of nitrogens with one attached hydrogen (secondary N) is 1. The van der Waals surface area contributed by atoms with Gasteiger partial charge in [-0.05, 0) is 59.5 Å². The summed E-state index contributed by atoms with van der Waals surface area (Å²) >= 11 is 0. The third-order valence-corrected chi connectivity index (χ3v) is 8.79. The zero-order valence-electron chi connectivity index (χ0n) is 23.2. The molecule has 208 valence electrons. The van der Waals surface area contributed by atoms with Gasteiger partial charge in [0.05, 0.1) is 18.6 Å². The number of hydrogen-bond acceptors (Lipinski definition) is 5. The smallest absolute Gasteiger partial charge is 0.238 e. The molecule has 3 aliphatic rings. The van der Waals surface area contributed by atoms with Crippen molar-refractivity contribution in [2.45, 2.75) is 30.8 Å². The van der Waals surface area contributed by atoms with E-state index in [1.807, 2.05) is 90.8 Å². The van der Waals surface area contributed by atoms with Gasteiger partial charge >= 0.3 is 0 Å². The maximum atomic E-state index is 14.9. The summed E-state index contributed by atoms with van der Waals surface area (Å²) in [4.78, 5) is 45.8. The molecule has 0 aliphatic carbocycles. The van der Waals surface area contributed by atoms with Crippen molar-refractivity contribution in [2.24, 2.45) is 5.92 Å². The molecule has 7 rings (SSSR count). The highest BCUT2D eigenvalue weighted by Gasteiger charge is 2.70. The minimum Gasteiger partial charge on any atom is -0.494 e. The van der Waals surface area contributed by atoms with Crippen LogP contribution in [0, 0.1) is 5.92 Å². The monoisotopic (exact) mass is 554 g/mol. The molecule has 0 radical (unpaired) electrons. The predicted molar refractivity (Wildman–Crippen MR) is 161 cm³/mol. The number of carbonyl (C=O) groups is 3. The number of fused-ring (bicyclic) bond motifs is 6. The van der Waals surface area contributed by atoms with Crippen molar-refractivity contribution in [3.8, 4) is 5.75 Å². The Morgan fingerprint density at radius 1 is 0.833 bits per heavy atom. The van der Waals surface area contributed by atoms with E-state index in [2.05, 4.69) is 5.32 Å². The lowest BCUT2D eigenvalue weighted by molar-refractivity contribution is -0.122. The van der Waals surface area contributed by atoms with Crippen molar-refractivity contribution in [2.75, 3.05) is 11.9 Å². The number of hydrogen-bond donors (Lipinski definition) is 1. The number of Topliss-reactive ketones (excluding diaryl/α,β-unsaturated/α-hetero) is 2. The fourth-order valence-corrected chi connectivity index (χ4v) is 7.06. The average Bonchev–Trinajstić information content (AvgIpc) is 3.52. The highest BCUT2D eigenvalue weighted by molar-refractivity contribution is 6.16. The van der Waals surface area contributed by atoms with Gasteiger partial charge in [0.15, 0.2) is 11.6 Å². The Balaban J connectivity index is 1.47. The number of para-hydroxylation sites is 1. The number of carbonyl (C=O) groups excluding carboxylic acids is 3. The van der Waals surface area contributed by atoms with E-state index in [0.717, 1.165) is 23.1 Å². The highest BCUT2D eigenvalue weighted by Crippen LogP contribution is 2.62. The molecule has 1 N–H and O–H groups in total. The summed E-state index contributed by atoms with van der Waals surface area (Å²) in [6.45, 7) is 2.61. The van der Waals surface area contributed by atoms with Gasteiger partial charge in [0.25, 0.3) is 0 Å². The number of anilines is 1. The largest absolute Gasteiger partial charge is 0.494 e. The molecule has 4 aromatic rings. The fraction of sp³-hybridized carbons (Fsp3) is 0.194. The molecule has 1 spiro atoms. The van der Waals surface area contributed by atoms with Crippen LogP contribution in [-0.2, 0) is 10.2 Å². The van der Waals surface area contributed by atoms with Gasteiger partial charge < -0.3 is 15.0 Å². The van der Waals surface area contributed by atoms with E-state index >= 15 is 0 Å². The van der Waals surface area contributed by atoms with Crippen molar-refractivity contribution in [3.63, 3.8) is 0 Å². The van der Waals surface area contributed by atoms with E-state index in [-0.39, 0.29) is 17.5 Å². The first kappa shape index (κ1) is 26.0. The van der Waals surface area contributed by atoms with Crippen LogP contribution >= 0.6 is 0 Å². The number of rotatable bonds is 7. The molecule has 6 nitrogen and oxygen atoms in total. The maximum absolute atomic E-state index is 14.9. The van der Waals surface area contributed by atoms with Crippen LogP contribution in [0.5, 0.6) is 5.75 Å². The molecule has 4 aromatic carbocycles. The number of nitrogens with zero attached hydrogens (tertiary/aromatic N) is 1. The molecule has 3 aliphatic heterocycles. The molecule has 0 saturated carbocycles. The van der Waals surface area contributed by atoms with Gasteiger partial charge in [-0.25, -0.2) is 0 Å². The summed E-state index contributed by atoms with van der Waals surface area (Å²) in [7, 11) is 0. The van der Waals surface area contributed by atoms with Gasteiger partial charge in [0, 0.05) is 23.0 Å². The van der Waals surface area contributed by atoms with E-state index in [1.165, 1.54) is 0 Å². The van der Waals surface area contributed by atoms with Crippen LogP contribution in [0.25, 0.3) is 6.08 Å². The second-order valence-corrected chi connectivity index (χ2v) is 11.1. The lowest BCUT2D eigenvalue weighted by Gasteiger charge is -2.38. The fourth-order valence-electron chi connectivity index (χ4n) is 7.06. The maximum Gasteiger partial charge on any atom is 0.238 e. The number of ether oxygens (including phenoxy) is 1. The van der Waals surface area contributed by atoms with Crippen LogP contribution in [0.4, 0.5) is 5.69 Å². The second-order valence-electron chi connectivity index (χ2n) is 11.1. The lowest BCUT2D eigenvalue weighted by atomic mass is 9.62. The van der Waals surface area contributed by atoms with Crippen LogP contribution in [0.2, 0.25) is 0 Å². The Bertz CT molecular complexity index is 1730. The minimum atomic E-state index is -1.35.